The van der Waals surface area contributed by atoms with Crippen molar-refractivity contribution in [2.75, 3.05) is 19.6 Å². The topological polar surface area (TPSA) is 58.4 Å². The summed E-state index contributed by atoms with van der Waals surface area (Å²) in [5, 5.41) is 4.05. The first-order chi connectivity index (χ1) is 9.79. The second kappa shape index (κ2) is 4.59. The maximum atomic E-state index is 12.3. The number of rotatable bonds is 2. The van der Waals surface area contributed by atoms with Crippen molar-refractivity contribution in [1.82, 2.24) is 15.2 Å². The number of nitrogens with zero attached hydrogens (tertiary/aromatic N) is 2. The standard InChI is InChI=1S/C15H17N3O2/c19-15(13-7-11-1-4-16-8-14(11)20-13)17-12-9-18-5-2-10(12)3-6-18/h1,4,7-8,10,12H,2-3,5-6,9H2,(H,17,19)/t12-/m0/s1. The molecule has 2 aromatic heterocycles. The maximum absolute atomic E-state index is 12.3. The summed E-state index contributed by atoms with van der Waals surface area (Å²) in [7, 11) is 0. The quantitative estimate of drug-likeness (QED) is 0.902. The van der Waals surface area contributed by atoms with E-state index in [1.54, 1.807) is 18.5 Å². The van der Waals surface area contributed by atoms with Gasteiger partial charge in [-0.25, -0.2) is 0 Å². The molecule has 3 aliphatic rings. The van der Waals surface area contributed by atoms with Gasteiger partial charge in [0.05, 0.1) is 6.20 Å². The molecule has 3 aliphatic heterocycles. The van der Waals surface area contributed by atoms with Crippen LogP contribution in [0.4, 0.5) is 0 Å². The number of amides is 1. The molecule has 0 aromatic carbocycles. The first kappa shape index (κ1) is 11.9. The summed E-state index contributed by atoms with van der Waals surface area (Å²) in [6, 6.07) is 3.90. The van der Waals surface area contributed by atoms with Crippen LogP contribution in [-0.2, 0) is 0 Å². The van der Waals surface area contributed by atoms with Gasteiger partial charge in [0.1, 0.15) is 0 Å². The minimum atomic E-state index is -0.111. The number of hydrogen-bond acceptors (Lipinski definition) is 4. The van der Waals surface area contributed by atoms with Crippen molar-refractivity contribution >= 4 is 16.9 Å². The van der Waals surface area contributed by atoms with Crippen molar-refractivity contribution < 1.29 is 9.21 Å². The van der Waals surface area contributed by atoms with Crippen LogP contribution in [0.15, 0.2) is 28.9 Å². The zero-order valence-electron chi connectivity index (χ0n) is 11.2. The van der Waals surface area contributed by atoms with Crippen molar-refractivity contribution in [1.29, 1.82) is 0 Å². The molecule has 0 saturated carbocycles. The summed E-state index contributed by atoms with van der Waals surface area (Å²) >= 11 is 0. The molecule has 0 spiro atoms. The molecule has 0 unspecified atom stereocenters. The summed E-state index contributed by atoms with van der Waals surface area (Å²) in [4.78, 5) is 18.7. The van der Waals surface area contributed by atoms with Crippen molar-refractivity contribution in [3.63, 3.8) is 0 Å². The van der Waals surface area contributed by atoms with Crippen LogP contribution in [0.2, 0.25) is 0 Å². The van der Waals surface area contributed by atoms with Gasteiger partial charge >= 0.3 is 0 Å². The van der Waals surface area contributed by atoms with E-state index in [1.807, 2.05) is 6.07 Å². The predicted molar refractivity (Wildman–Crippen MR) is 74.4 cm³/mol. The minimum Gasteiger partial charge on any atom is -0.449 e. The molecule has 5 heteroatoms. The lowest BCUT2D eigenvalue weighted by Gasteiger charge is -2.44. The molecule has 104 valence electrons. The Kier molecular flexibility index (Phi) is 2.73. The smallest absolute Gasteiger partial charge is 0.287 e. The highest BCUT2D eigenvalue weighted by atomic mass is 16.3. The lowest BCUT2D eigenvalue weighted by Crippen LogP contribution is -2.57. The summed E-state index contributed by atoms with van der Waals surface area (Å²) in [6.45, 7) is 3.32. The van der Waals surface area contributed by atoms with Gasteiger partial charge in [-0.15, -0.1) is 0 Å². The molecule has 1 atom stereocenters. The summed E-state index contributed by atoms with van der Waals surface area (Å²) in [5.41, 5.74) is 0.659. The van der Waals surface area contributed by atoms with Crippen molar-refractivity contribution in [2.24, 2.45) is 5.92 Å². The van der Waals surface area contributed by atoms with E-state index in [0.717, 1.165) is 11.9 Å². The lowest BCUT2D eigenvalue weighted by atomic mass is 9.84. The van der Waals surface area contributed by atoms with Crippen LogP contribution in [0.1, 0.15) is 23.4 Å². The van der Waals surface area contributed by atoms with E-state index in [1.165, 1.54) is 25.9 Å². The van der Waals surface area contributed by atoms with Crippen LogP contribution < -0.4 is 5.32 Å². The molecule has 5 nitrogen and oxygen atoms in total. The van der Waals surface area contributed by atoms with Gasteiger partial charge in [-0.3, -0.25) is 9.78 Å². The van der Waals surface area contributed by atoms with E-state index in [0.29, 0.717) is 17.3 Å². The molecular formula is C15H17N3O2. The van der Waals surface area contributed by atoms with Crippen LogP contribution >= 0.6 is 0 Å². The molecule has 3 saturated heterocycles. The second-order valence-corrected chi connectivity index (χ2v) is 5.74. The zero-order chi connectivity index (χ0) is 13.5. The van der Waals surface area contributed by atoms with E-state index in [-0.39, 0.29) is 11.9 Å². The summed E-state index contributed by atoms with van der Waals surface area (Å²) in [6.07, 6.45) is 5.72. The number of nitrogens with one attached hydrogen (secondary N) is 1. The molecule has 0 radical (unpaired) electrons. The first-order valence-corrected chi connectivity index (χ1v) is 7.16. The maximum Gasteiger partial charge on any atom is 0.287 e. The van der Waals surface area contributed by atoms with Gasteiger partial charge in [-0.05, 0) is 44.0 Å². The monoisotopic (exact) mass is 271 g/mol. The summed E-state index contributed by atoms with van der Waals surface area (Å²) in [5.74, 6) is 0.888. The average Bonchev–Trinajstić information content (AvgIpc) is 2.92. The Morgan fingerprint density at radius 2 is 2.25 bits per heavy atom. The van der Waals surface area contributed by atoms with Crippen molar-refractivity contribution in [3.05, 3.63) is 30.3 Å². The fraction of sp³-hybridized carbons (Fsp3) is 0.467. The van der Waals surface area contributed by atoms with Crippen LogP contribution in [0.5, 0.6) is 0 Å². The van der Waals surface area contributed by atoms with Crippen molar-refractivity contribution in [2.45, 2.75) is 18.9 Å². The van der Waals surface area contributed by atoms with Gasteiger partial charge in [0.2, 0.25) is 0 Å². The minimum absolute atomic E-state index is 0.111. The normalized spacial score (nSPS) is 28.7. The van der Waals surface area contributed by atoms with E-state index >= 15 is 0 Å². The third-order valence-corrected chi connectivity index (χ3v) is 4.52. The molecule has 2 bridgehead atoms. The third kappa shape index (κ3) is 1.98. The Bertz CT molecular complexity index is 610. The van der Waals surface area contributed by atoms with E-state index in [4.69, 9.17) is 4.42 Å². The number of pyridine rings is 1. The molecule has 5 rings (SSSR count). The van der Waals surface area contributed by atoms with Crippen molar-refractivity contribution in [3.8, 4) is 0 Å². The predicted octanol–water partition coefficient (Wildman–Crippen LogP) is 1.65. The molecule has 1 N–H and O–H groups in total. The molecular weight excluding hydrogens is 254 g/mol. The molecule has 1 amide bonds. The first-order valence-electron chi connectivity index (χ1n) is 7.16. The van der Waals surface area contributed by atoms with E-state index in [2.05, 4.69) is 15.2 Å². The van der Waals surface area contributed by atoms with Crippen LogP contribution in [0.3, 0.4) is 0 Å². The molecule has 3 fully saturated rings. The lowest BCUT2D eigenvalue weighted by molar-refractivity contribution is 0.0607. The highest BCUT2D eigenvalue weighted by molar-refractivity contribution is 5.96. The number of hydrogen-bond donors (Lipinski definition) is 1. The van der Waals surface area contributed by atoms with Gasteiger partial charge in [-0.2, -0.15) is 0 Å². The summed E-state index contributed by atoms with van der Waals surface area (Å²) < 4.78 is 5.56. The largest absolute Gasteiger partial charge is 0.449 e. The Morgan fingerprint density at radius 1 is 1.40 bits per heavy atom. The number of carbonyl (C=O) groups excluding carboxylic acids is 1. The highest BCUT2D eigenvalue weighted by Crippen LogP contribution is 2.28. The Balaban J connectivity index is 1.52. The Morgan fingerprint density at radius 3 is 2.95 bits per heavy atom. The number of furan rings is 1. The number of aromatic nitrogens is 1. The van der Waals surface area contributed by atoms with Gasteiger partial charge < -0.3 is 14.6 Å². The van der Waals surface area contributed by atoms with E-state index in [9.17, 15) is 4.79 Å². The highest BCUT2D eigenvalue weighted by Gasteiger charge is 2.35. The van der Waals surface area contributed by atoms with Crippen LogP contribution in [0.25, 0.3) is 11.0 Å². The number of carbonyl (C=O) groups is 1. The zero-order valence-corrected chi connectivity index (χ0v) is 11.2. The van der Waals surface area contributed by atoms with Crippen LogP contribution in [-0.4, -0.2) is 41.5 Å². The fourth-order valence-electron chi connectivity index (χ4n) is 3.36. The average molecular weight is 271 g/mol. The molecule has 2 aromatic rings. The SMILES string of the molecule is O=C(N[C@H]1CN2CCC1CC2)c1cc2ccncc2o1. The van der Waals surface area contributed by atoms with Crippen LogP contribution in [0, 0.1) is 5.92 Å². The molecule has 5 heterocycles. The van der Waals surface area contributed by atoms with Gasteiger partial charge in [-0.1, -0.05) is 0 Å². The van der Waals surface area contributed by atoms with Gasteiger partial charge in [0.15, 0.2) is 11.3 Å². The van der Waals surface area contributed by atoms with Gasteiger partial charge in [0, 0.05) is 24.2 Å². The Hall–Kier alpha value is -1.88. The van der Waals surface area contributed by atoms with Gasteiger partial charge in [0.25, 0.3) is 5.91 Å². The van der Waals surface area contributed by atoms with E-state index < -0.39 is 0 Å². The Labute approximate surface area is 117 Å². The molecule has 20 heavy (non-hydrogen) atoms. The fourth-order valence-corrected chi connectivity index (χ4v) is 3.36. The second-order valence-electron chi connectivity index (χ2n) is 5.74. The molecule has 0 aliphatic carbocycles. The number of piperidine rings is 3. The number of fused-ring (bicyclic) bond motifs is 4. The third-order valence-electron chi connectivity index (χ3n) is 4.52.